The zero-order valence-corrected chi connectivity index (χ0v) is 10.7. The van der Waals surface area contributed by atoms with Crippen molar-refractivity contribution in [2.75, 3.05) is 25.5 Å². The molecule has 2 atom stereocenters. The summed E-state index contributed by atoms with van der Waals surface area (Å²) in [6.45, 7) is 1.79. The molecule has 2 heterocycles. The van der Waals surface area contributed by atoms with E-state index in [1.807, 2.05) is 25.2 Å². The fourth-order valence-electron chi connectivity index (χ4n) is 2.49. The number of imidazole rings is 1. The summed E-state index contributed by atoms with van der Waals surface area (Å²) < 4.78 is 7.53. The van der Waals surface area contributed by atoms with Gasteiger partial charge in [0.15, 0.2) is 0 Å². The molecule has 0 saturated carbocycles. The van der Waals surface area contributed by atoms with E-state index in [4.69, 9.17) is 4.74 Å². The van der Waals surface area contributed by atoms with E-state index in [-0.39, 0.29) is 12.1 Å². The highest BCUT2D eigenvalue weighted by molar-refractivity contribution is 5.78. The summed E-state index contributed by atoms with van der Waals surface area (Å²) in [7, 11) is 3.78. The van der Waals surface area contributed by atoms with Crippen molar-refractivity contribution < 1.29 is 4.74 Å². The number of methoxy groups -OCH3 is 1. The number of nitrogens with zero attached hydrogens (tertiary/aromatic N) is 2. The van der Waals surface area contributed by atoms with Crippen LogP contribution in [0.25, 0.3) is 11.0 Å². The lowest BCUT2D eigenvalue weighted by Gasteiger charge is -2.19. The van der Waals surface area contributed by atoms with E-state index in [9.17, 15) is 0 Å². The first-order valence-electron chi connectivity index (χ1n) is 6.21. The van der Waals surface area contributed by atoms with E-state index in [0.29, 0.717) is 0 Å². The lowest BCUT2D eigenvalue weighted by atomic mass is 10.2. The van der Waals surface area contributed by atoms with E-state index in [0.717, 1.165) is 30.1 Å². The Balaban J connectivity index is 1.88. The van der Waals surface area contributed by atoms with Gasteiger partial charge in [0.2, 0.25) is 5.95 Å². The Labute approximate surface area is 106 Å². The third-order valence-electron chi connectivity index (χ3n) is 3.56. The Hall–Kier alpha value is -1.59. The lowest BCUT2D eigenvalue weighted by molar-refractivity contribution is 0.111. The van der Waals surface area contributed by atoms with Crippen molar-refractivity contribution in [3.05, 3.63) is 24.3 Å². The number of hydrogen-bond donors (Lipinski definition) is 2. The minimum absolute atomic E-state index is 0.199. The highest BCUT2D eigenvalue weighted by Gasteiger charge is 2.27. The summed E-state index contributed by atoms with van der Waals surface area (Å²) in [6.07, 6.45) is 0.199. The number of fused-ring (bicyclic) bond motifs is 1. The van der Waals surface area contributed by atoms with Crippen LogP contribution in [0.1, 0.15) is 0 Å². The van der Waals surface area contributed by atoms with Crippen LogP contribution in [0.15, 0.2) is 24.3 Å². The zero-order chi connectivity index (χ0) is 12.5. The van der Waals surface area contributed by atoms with E-state index in [2.05, 4.69) is 26.3 Å². The Morgan fingerprint density at radius 2 is 2.22 bits per heavy atom. The number of anilines is 1. The molecule has 0 aliphatic carbocycles. The molecule has 0 radical (unpaired) electrons. The maximum atomic E-state index is 5.45. The highest BCUT2D eigenvalue weighted by atomic mass is 16.5. The van der Waals surface area contributed by atoms with Crippen LogP contribution in [0.4, 0.5) is 5.95 Å². The number of hydrogen-bond acceptors (Lipinski definition) is 4. The molecule has 1 aliphatic rings. The van der Waals surface area contributed by atoms with E-state index >= 15 is 0 Å². The molecule has 1 aliphatic heterocycles. The molecule has 5 nitrogen and oxygen atoms in total. The van der Waals surface area contributed by atoms with Gasteiger partial charge in [0.25, 0.3) is 0 Å². The predicted molar refractivity (Wildman–Crippen MR) is 71.8 cm³/mol. The van der Waals surface area contributed by atoms with E-state index in [1.165, 1.54) is 0 Å². The normalized spacial score (nSPS) is 23.7. The van der Waals surface area contributed by atoms with Gasteiger partial charge in [0.1, 0.15) is 0 Å². The van der Waals surface area contributed by atoms with Crippen LogP contribution in [0.3, 0.4) is 0 Å². The summed E-state index contributed by atoms with van der Waals surface area (Å²) in [6, 6.07) is 8.41. The van der Waals surface area contributed by atoms with Crippen molar-refractivity contribution in [3.63, 3.8) is 0 Å². The molecule has 0 amide bonds. The van der Waals surface area contributed by atoms with Crippen molar-refractivity contribution in [2.45, 2.75) is 12.1 Å². The first kappa shape index (κ1) is 11.5. The maximum absolute atomic E-state index is 5.45. The number of aryl methyl sites for hydroxylation is 1. The molecule has 1 aromatic heterocycles. The molecule has 0 bridgehead atoms. The quantitative estimate of drug-likeness (QED) is 0.847. The Bertz CT molecular complexity index is 551. The van der Waals surface area contributed by atoms with Gasteiger partial charge in [0, 0.05) is 27.2 Å². The van der Waals surface area contributed by atoms with Crippen LogP contribution < -0.4 is 10.6 Å². The number of ether oxygens (including phenoxy) is 1. The molecule has 1 saturated heterocycles. The van der Waals surface area contributed by atoms with Gasteiger partial charge in [-0.2, -0.15) is 0 Å². The molecule has 96 valence electrons. The number of para-hydroxylation sites is 2. The summed E-state index contributed by atoms with van der Waals surface area (Å²) in [5.41, 5.74) is 2.15. The molecule has 1 aromatic carbocycles. The monoisotopic (exact) mass is 246 g/mol. The van der Waals surface area contributed by atoms with Gasteiger partial charge in [-0.05, 0) is 12.1 Å². The van der Waals surface area contributed by atoms with Gasteiger partial charge in [-0.15, -0.1) is 0 Å². The molecule has 5 heteroatoms. The fourth-order valence-corrected chi connectivity index (χ4v) is 2.49. The topological polar surface area (TPSA) is 51.1 Å². The Morgan fingerprint density at radius 1 is 1.39 bits per heavy atom. The molecule has 0 spiro atoms. The third kappa shape index (κ3) is 1.85. The van der Waals surface area contributed by atoms with Gasteiger partial charge in [0.05, 0.1) is 23.2 Å². The standard InChI is InChI=1S/C13H18N4O/c1-17-11-6-4-3-5-9(11)15-13(17)16-10-7-14-8-12(10)18-2/h3-6,10,12,14H,7-8H2,1-2H3,(H,15,16)/t10?,12-/m0/s1. The molecule has 3 rings (SSSR count). The third-order valence-corrected chi connectivity index (χ3v) is 3.56. The SMILES string of the molecule is CO[C@H]1CNCC1Nc1nc2ccccc2n1C. The van der Waals surface area contributed by atoms with Gasteiger partial charge in [-0.3, -0.25) is 0 Å². The van der Waals surface area contributed by atoms with E-state index < -0.39 is 0 Å². The number of nitrogens with one attached hydrogen (secondary N) is 2. The first-order valence-corrected chi connectivity index (χ1v) is 6.21. The van der Waals surface area contributed by atoms with Crippen LogP contribution in [-0.4, -0.2) is 41.9 Å². The lowest BCUT2D eigenvalue weighted by Crippen LogP contribution is -2.34. The van der Waals surface area contributed by atoms with Crippen LogP contribution in [0, 0.1) is 0 Å². The molecule has 2 aromatic rings. The van der Waals surface area contributed by atoms with Crippen molar-refractivity contribution in [3.8, 4) is 0 Å². The molecular formula is C13H18N4O. The molecule has 2 N–H and O–H groups in total. The fraction of sp³-hybridized carbons (Fsp3) is 0.462. The zero-order valence-electron chi connectivity index (χ0n) is 10.7. The number of benzene rings is 1. The number of aromatic nitrogens is 2. The minimum Gasteiger partial charge on any atom is -0.378 e. The van der Waals surface area contributed by atoms with Crippen molar-refractivity contribution in [2.24, 2.45) is 7.05 Å². The van der Waals surface area contributed by atoms with Crippen LogP contribution in [-0.2, 0) is 11.8 Å². The Kier molecular flexibility index (Phi) is 2.93. The molecule has 1 fully saturated rings. The second-order valence-corrected chi connectivity index (χ2v) is 4.67. The number of rotatable bonds is 3. The van der Waals surface area contributed by atoms with Crippen LogP contribution >= 0.6 is 0 Å². The summed E-state index contributed by atoms with van der Waals surface area (Å²) >= 11 is 0. The average Bonchev–Trinajstić information content (AvgIpc) is 2.96. The van der Waals surface area contributed by atoms with Crippen LogP contribution in [0.5, 0.6) is 0 Å². The smallest absolute Gasteiger partial charge is 0.203 e. The minimum atomic E-state index is 0.199. The average molecular weight is 246 g/mol. The molecule has 1 unspecified atom stereocenters. The van der Waals surface area contributed by atoms with Gasteiger partial charge in [-0.1, -0.05) is 12.1 Å². The van der Waals surface area contributed by atoms with Gasteiger partial charge >= 0.3 is 0 Å². The maximum Gasteiger partial charge on any atom is 0.203 e. The van der Waals surface area contributed by atoms with Crippen molar-refractivity contribution >= 4 is 17.0 Å². The second-order valence-electron chi connectivity index (χ2n) is 4.67. The predicted octanol–water partition coefficient (Wildman–Crippen LogP) is 0.972. The van der Waals surface area contributed by atoms with Crippen LogP contribution in [0.2, 0.25) is 0 Å². The summed E-state index contributed by atoms with van der Waals surface area (Å²) in [5.74, 6) is 0.895. The first-order chi connectivity index (χ1) is 8.79. The summed E-state index contributed by atoms with van der Waals surface area (Å²) in [5, 5.41) is 6.79. The van der Waals surface area contributed by atoms with Gasteiger partial charge < -0.3 is 19.9 Å². The largest absolute Gasteiger partial charge is 0.378 e. The highest BCUT2D eigenvalue weighted by Crippen LogP contribution is 2.19. The van der Waals surface area contributed by atoms with Gasteiger partial charge in [-0.25, -0.2) is 4.98 Å². The molecular weight excluding hydrogens is 228 g/mol. The summed E-state index contributed by atoms with van der Waals surface area (Å²) in [4.78, 5) is 4.61. The Morgan fingerprint density at radius 3 is 3.00 bits per heavy atom. The second kappa shape index (κ2) is 4.59. The van der Waals surface area contributed by atoms with E-state index in [1.54, 1.807) is 7.11 Å². The van der Waals surface area contributed by atoms with Crippen molar-refractivity contribution in [1.29, 1.82) is 0 Å². The van der Waals surface area contributed by atoms with Crippen molar-refractivity contribution in [1.82, 2.24) is 14.9 Å². The molecule has 18 heavy (non-hydrogen) atoms.